The van der Waals surface area contributed by atoms with Crippen LogP contribution in [0.4, 0.5) is 32.0 Å². The third kappa shape index (κ3) is 4.62. The van der Waals surface area contributed by atoms with Crippen molar-refractivity contribution in [3.05, 3.63) is 77.6 Å². The van der Waals surface area contributed by atoms with E-state index in [9.17, 15) is 31.1 Å². The van der Waals surface area contributed by atoms with E-state index in [2.05, 4.69) is 15.3 Å². The van der Waals surface area contributed by atoms with Gasteiger partial charge in [0.15, 0.2) is 23.1 Å². The summed E-state index contributed by atoms with van der Waals surface area (Å²) in [6.07, 6.45) is -3.12. The first kappa shape index (κ1) is 20.1. The maximum Gasteiger partial charge on any atom is 0.437 e. The number of nitrogens with zero attached hydrogens (tertiary/aromatic N) is 2. The lowest BCUT2D eigenvalue weighted by atomic mass is 10.2. The predicted molar refractivity (Wildman–Crippen MR) is 87.8 cm³/mol. The molecular weight excluding hydrogens is 404 g/mol. The van der Waals surface area contributed by atoms with Crippen LogP contribution in [-0.4, -0.2) is 15.9 Å². The summed E-state index contributed by atoms with van der Waals surface area (Å²) in [6, 6.07) is 5.29. The third-order valence-electron chi connectivity index (χ3n) is 3.51. The molecule has 3 rings (SSSR count). The van der Waals surface area contributed by atoms with Crippen LogP contribution in [-0.2, 0) is 6.18 Å². The Bertz CT molecular complexity index is 1030. The third-order valence-corrected chi connectivity index (χ3v) is 3.51. The Morgan fingerprint density at radius 1 is 0.966 bits per heavy atom. The second kappa shape index (κ2) is 7.78. The normalized spacial score (nSPS) is 11.2. The number of pyridine rings is 2. The number of carbonyl (C=O) groups is 1. The van der Waals surface area contributed by atoms with E-state index in [4.69, 9.17) is 4.74 Å². The monoisotopic (exact) mass is 413 g/mol. The molecule has 0 radical (unpaired) electrons. The second-order valence-electron chi connectivity index (χ2n) is 5.56. The average Bonchev–Trinajstić information content (AvgIpc) is 2.62. The fourth-order valence-corrected chi connectivity index (χ4v) is 2.27. The minimum atomic E-state index is -4.87. The van der Waals surface area contributed by atoms with Crippen LogP contribution in [0.3, 0.4) is 0 Å². The molecule has 11 heteroatoms. The van der Waals surface area contributed by atoms with E-state index in [0.717, 1.165) is 0 Å². The highest BCUT2D eigenvalue weighted by atomic mass is 19.4. The van der Waals surface area contributed by atoms with E-state index >= 15 is 0 Å². The maximum atomic E-state index is 13.6. The summed E-state index contributed by atoms with van der Waals surface area (Å²) in [4.78, 5) is 18.3. The van der Waals surface area contributed by atoms with Crippen molar-refractivity contribution in [1.82, 2.24) is 9.97 Å². The molecule has 0 unspecified atom stereocenters. The minimum absolute atomic E-state index is 0.0753. The number of ether oxygens (including phenoxy) is 1. The number of hydrogen-bond acceptors (Lipinski definition) is 4. The molecule has 0 spiro atoms. The van der Waals surface area contributed by atoms with Crippen molar-refractivity contribution in [1.29, 1.82) is 0 Å². The number of anilines is 1. The first-order valence-corrected chi connectivity index (χ1v) is 7.76. The molecule has 0 atom stereocenters. The highest BCUT2D eigenvalue weighted by Gasteiger charge is 2.37. The van der Waals surface area contributed by atoms with Crippen LogP contribution in [0, 0.1) is 17.5 Å². The summed E-state index contributed by atoms with van der Waals surface area (Å²) in [7, 11) is 0. The lowest BCUT2D eigenvalue weighted by Crippen LogP contribution is -2.16. The van der Waals surface area contributed by atoms with Crippen molar-refractivity contribution >= 4 is 11.6 Å². The Kier molecular flexibility index (Phi) is 5.39. The maximum absolute atomic E-state index is 13.6. The van der Waals surface area contributed by atoms with Gasteiger partial charge in [-0.15, -0.1) is 0 Å². The molecule has 29 heavy (non-hydrogen) atoms. The standard InChI is InChI=1S/C18H9F6N3O2/c19-9-5-14(16(26-6-9)18(22,23)24)29-11-3-1-10(2-4-11)27-17(28)15-12(20)7-25-8-13(15)21/h1-8H,(H,27,28). The van der Waals surface area contributed by atoms with Gasteiger partial charge in [0.1, 0.15) is 17.1 Å². The molecule has 0 aliphatic heterocycles. The highest BCUT2D eigenvalue weighted by molar-refractivity contribution is 6.04. The van der Waals surface area contributed by atoms with E-state index in [1.807, 2.05) is 0 Å². The summed E-state index contributed by atoms with van der Waals surface area (Å²) in [6.45, 7) is 0. The van der Waals surface area contributed by atoms with Gasteiger partial charge < -0.3 is 10.1 Å². The Morgan fingerprint density at radius 2 is 1.59 bits per heavy atom. The number of carbonyl (C=O) groups excluding carboxylic acids is 1. The fourth-order valence-electron chi connectivity index (χ4n) is 2.27. The molecule has 0 fully saturated rings. The number of alkyl halides is 3. The van der Waals surface area contributed by atoms with Crippen molar-refractivity contribution in [2.24, 2.45) is 0 Å². The molecule has 1 amide bonds. The topological polar surface area (TPSA) is 64.1 Å². The predicted octanol–water partition coefficient (Wildman–Crippen LogP) is 4.96. The molecule has 1 N–H and O–H groups in total. The molecule has 2 heterocycles. The minimum Gasteiger partial charge on any atom is -0.455 e. The van der Waals surface area contributed by atoms with Crippen LogP contribution in [0.15, 0.2) is 48.9 Å². The molecule has 0 saturated heterocycles. The molecule has 150 valence electrons. The van der Waals surface area contributed by atoms with Crippen LogP contribution in [0.2, 0.25) is 0 Å². The summed E-state index contributed by atoms with van der Waals surface area (Å²) in [5, 5.41) is 2.22. The van der Waals surface area contributed by atoms with E-state index in [1.54, 1.807) is 0 Å². The molecular formula is C18H9F6N3O2. The first-order valence-electron chi connectivity index (χ1n) is 7.76. The molecule has 2 aromatic heterocycles. The molecule has 0 saturated carbocycles. The van der Waals surface area contributed by atoms with Crippen molar-refractivity contribution in [2.75, 3.05) is 5.32 Å². The zero-order chi connectivity index (χ0) is 21.2. The number of hydrogen-bond donors (Lipinski definition) is 1. The average molecular weight is 413 g/mol. The van der Waals surface area contributed by atoms with Gasteiger partial charge in [0.05, 0.1) is 18.6 Å². The van der Waals surface area contributed by atoms with Gasteiger partial charge in [-0.3, -0.25) is 9.78 Å². The number of aromatic nitrogens is 2. The van der Waals surface area contributed by atoms with Gasteiger partial charge in [0.2, 0.25) is 0 Å². The van der Waals surface area contributed by atoms with Crippen molar-refractivity contribution in [3.8, 4) is 11.5 Å². The van der Waals surface area contributed by atoms with Crippen LogP contribution in [0.5, 0.6) is 11.5 Å². The van der Waals surface area contributed by atoms with Crippen LogP contribution in [0.25, 0.3) is 0 Å². The van der Waals surface area contributed by atoms with Crippen LogP contribution >= 0.6 is 0 Å². The second-order valence-corrected chi connectivity index (χ2v) is 5.56. The number of nitrogens with one attached hydrogen (secondary N) is 1. The highest BCUT2D eigenvalue weighted by Crippen LogP contribution is 2.37. The lowest BCUT2D eigenvalue weighted by Gasteiger charge is -2.13. The zero-order valence-electron chi connectivity index (χ0n) is 14.1. The van der Waals surface area contributed by atoms with Crippen molar-refractivity contribution in [2.45, 2.75) is 6.18 Å². The lowest BCUT2D eigenvalue weighted by molar-refractivity contribution is -0.142. The quantitative estimate of drug-likeness (QED) is 0.615. The van der Waals surface area contributed by atoms with Gasteiger partial charge >= 0.3 is 6.18 Å². The van der Waals surface area contributed by atoms with Crippen LogP contribution < -0.4 is 10.1 Å². The van der Waals surface area contributed by atoms with E-state index in [0.29, 0.717) is 24.7 Å². The molecule has 1 aromatic carbocycles. The van der Waals surface area contributed by atoms with E-state index < -0.39 is 46.5 Å². The van der Waals surface area contributed by atoms with Gasteiger partial charge in [0.25, 0.3) is 5.91 Å². The number of benzene rings is 1. The number of rotatable bonds is 4. The summed E-state index contributed by atoms with van der Waals surface area (Å²) in [5.74, 6) is -5.43. The Labute approximate surface area is 159 Å². The largest absolute Gasteiger partial charge is 0.455 e. The Morgan fingerprint density at radius 3 is 2.17 bits per heavy atom. The van der Waals surface area contributed by atoms with E-state index in [1.165, 1.54) is 24.3 Å². The Balaban J connectivity index is 1.78. The summed E-state index contributed by atoms with van der Waals surface area (Å²) in [5.41, 5.74) is -2.19. The van der Waals surface area contributed by atoms with Gasteiger partial charge in [0, 0.05) is 11.8 Å². The fraction of sp³-hybridized carbons (Fsp3) is 0.0556. The number of amides is 1. The van der Waals surface area contributed by atoms with Gasteiger partial charge in [-0.1, -0.05) is 0 Å². The SMILES string of the molecule is O=C(Nc1ccc(Oc2cc(F)cnc2C(F)(F)F)cc1)c1c(F)cncc1F. The molecule has 0 aliphatic rings. The molecule has 3 aromatic rings. The molecule has 0 aliphatic carbocycles. The van der Waals surface area contributed by atoms with Crippen molar-refractivity contribution in [3.63, 3.8) is 0 Å². The summed E-state index contributed by atoms with van der Waals surface area (Å²) >= 11 is 0. The molecule has 5 nitrogen and oxygen atoms in total. The smallest absolute Gasteiger partial charge is 0.437 e. The first-order chi connectivity index (χ1) is 13.6. The Hall–Kier alpha value is -3.63. The van der Waals surface area contributed by atoms with Gasteiger partial charge in [-0.2, -0.15) is 13.2 Å². The van der Waals surface area contributed by atoms with Gasteiger partial charge in [-0.05, 0) is 24.3 Å². The summed E-state index contributed by atoms with van der Waals surface area (Å²) < 4.78 is 84.2. The van der Waals surface area contributed by atoms with Crippen LogP contribution in [0.1, 0.15) is 16.1 Å². The van der Waals surface area contributed by atoms with Crippen molar-refractivity contribution < 1.29 is 35.9 Å². The zero-order valence-corrected chi connectivity index (χ0v) is 14.1. The number of halogens is 6. The molecule has 0 bridgehead atoms. The van der Waals surface area contributed by atoms with E-state index in [-0.39, 0.29) is 11.4 Å². The van der Waals surface area contributed by atoms with Gasteiger partial charge in [-0.25, -0.2) is 18.2 Å².